The Labute approximate surface area is 248 Å². The molecule has 8 heteroatoms. The lowest BCUT2D eigenvalue weighted by Gasteiger charge is -2.28. The quantitative estimate of drug-likeness (QED) is 0.375. The van der Waals surface area contributed by atoms with Crippen LogP contribution in [0, 0.1) is 5.92 Å². The van der Waals surface area contributed by atoms with Gasteiger partial charge in [-0.3, -0.25) is 14.5 Å². The van der Waals surface area contributed by atoms with Gasteiger partial charge in [-0.2, -0.15) is 0 Å². The van der Waals surface area contributed by atoms with E-state index in [4.69, 9.17) is 16.3 Å². The Bertz CT molecular complexity index is 1350. The monoisotopic (exact) mass is 574 g/mol. The minimum Gasteiger partial charge on any atom is -0.484 e. The summed E-state index contributed by atoms with van der Waals surface area (Å²) in [4.78, 5) is 35.3. The number of benzene rings is 3. The molecule has 7 nitrogen and oxygen atoms in total. The zero-order valence-corrected chi connectivity index (χ0v) is 24.7. The van der Waals surface area contributed by atoms with Gasteiger partial charge < -0.3 is 19.4 Å². The molecule has 1 fully saturated rings. The number of fused-ring (bicyclic) bond motifs is 1. The highest BCUT2D eigenvalue weighted by atomic mass is 35.5. The van der Waals surface area contributed by atoms with Gasteiger partial charge in [-0.15, -0.1) is 0 Å². The van der Waals surface area contributed by atoms with Gasteiger partial charge in [0.15, 0.2) is 6.61 Å². The van der Waals surface area contributed by atoms with Crippen LogP contribution in [0.25, 0.3) is 0 Å². The minimum atomic E-state index is -0.0971. The summed E-state index contributed by atoms with van der Waals surface area (Å²) in [5.74, 6) is 0.794. The maximum absolute atomic E-state index is 13.7. The van der Waals surface area contributed by atoms with Crippen molar-refractivity contribution in [3.05, 3.63) is 88.9 Å². The van der Waals surface area contributed by atoms with Crippen molar-refractivity contribution in [3.8, 4) is 5.75 Å². The van der Waals surface area contributed by atoms with Crippen LogP contribution >= 0.6 is 11.6 Å². The van der Waals surface area contributed by atoms with Gasteiger partial charge in [0.1, 0.15) is 5.75 Å². The largest absolute Gasteiger partial charge is 0.484 e. The summed E-state index contributed by atoms with van der Waals surface area (Å²) >= 11 is 6.46. The van der Waals surface area contributed by atoms with Gasteiger partial charge in [0, 0.05) is 76.1 Å². The summed E-state index contributed by atoms with van der Waals surface area (Å²) in [5.41, 5.74) is 3.96. The molecule has 0 bridgehead atoms. The van der Waals surface area contributed by atoms with Crippen LogP contribution in [0.5, 0.6) is 5.75 Å². The van der Waals surface area contributed by atoms with Crippen LogP contribution in [0.4, 0.5) is 11.4 Å². The second-order valence-corrected chi connectivity index (χ2v) is 11.6. The van der Waals surface area contributed by atoms with Crippen LogP contribution in [-0.4, -0.2) is 68.5 Å². The average Bonchev–Trinajstić information content (AvgIpc) is 3.82. The van der Waals surface area contributed by atoms with Crippen molar-refractivity contribution >= 4 is 34.8 Å². The minimum absolute atomic E-state index is 0.0663. The highest BCUT2D eigenvalue weighted by molar-refractivity contribution is 6.31. The molecule has 2 amide bonds. The molecular weight excluding hydrogens is 536 g/mol. The predicted octanol–water partition coefficient (Wildman–Crippen LogP) is 5.46. The molecule has 0 unspecified atom stereocenters. The lowest BCUT2D eigenvalue weighted by molar-refractivity contribution is -0.134. The number of amides is 2. The first kappa shape index (κ1) is 29.0. The zero-order chi connectivity index (χ0) is 28.8. The highest BCUT2D eigenvalue weighted by Gasteiger charge is 2.35. The van der Waals surface area contributed by atoms with Crippen molar-refractivity contribution in [3.63, 3.8) is 0 Å². The third-order valence-corrected chi connectivity index (χ3v) is 7.97. The number of anilines is 2. The van der Waals surface area contributed by atoms with Gasteiger partial charge in [-0.25, -0.2) is 0 Å². The Morgan fingerprint density at radius 3 is 2.49 bits per heavy atom. The van der Waals surface area contributed by atoms with Crippen LogP contribution in [0.15, 0.2) is 72.8 Å². The molecule has 1 aliphatic carbocycles. The molecule has 1 aliphatic heterocycles. The number of rotatable bonds is 7. The first-order chi connectivity index (χ1) is 19.9. The first-order valence-electron chi connectivity index (χ1n) is 14.4. The van der Waals surface area contributed by atoms with E-state index in [9.17, 15) is 9.59 Å². The fourth-order valence-corrected chi connectivity index (χ4v) is 5.40. The molecule has 0 spiro atoms. The molecule has 1 heterocycles. The summed E-state index contributed by atoms with van der Waals surface area (Å²) in [7, 11) is 3.95. The van der Waals surface area contributed by atoms with E-state index < -0.39 is 0 Å². The lowest BCUT2D eigenvalue weighted by atomic mass is 10.1. The van der Waals surface area contributed by atoms with E-state index in [1.165, 1.54) is 5.56 Å². The Kier molecular flexibility index (Phi) is 9.47. The van der Waals surface area contributed by atoms with Crippen molar-refractivity contribution in [1.29, 1.82) is 0 Å². The smallest absolute Gasteiger partial charge is 0.260 e. The molecule has 0 N–H and O–H groups in total. The maximum Gasteiger partial charge on any atom is 0.260 e. The molecule has 5 rings (SSSR count). The van der Waals surface area contributed by atoms with Crippen LogP contribution in [0.3, 0.4) is 0 Å². The second kappa shape index (κ2) is 13.4. The standard InChI is InChI=1S/C33H39ClN4O3/c1-35(2)29-10-6-11-30(21-29)41-24-32(39)37-19-18-36(22-25-8-4-3-5-9-25)16-7-17-38(33(40)26-12-13-26)31-20-28(34)15-14-27(31)23-37/h3-6,8-11,14-15,20-21,26H,7,12-13,16-19,22-24H2,1-2H3. The number of ether oxygens (including phenoxy) is 1. The molecule has 0 radical (unpaired) electrons. The first-order valence-corrected chi connectivity index (χ1v) is 14.8. The molecule has 41 heavy (non-hydrogen) atoms. The fraction of sp³-hybridized carbons (Fsp3) is 0.394. The second-order valence-electron chi connectivity index (χ2n) is 11.1. The number of carbonyl (C=O) groups excluding carboxylic acids is 2. The van der Waals surface area contributed by atoms with Crippen molar-refractivity contribution in [2.45, 2.75) is 32.4 Å². The van der Waals surface area contributed by atoms with E-state index in [-0.39, 0.29) is 24.3 Å². The number of hydrogen-bond donors (Lipinski definition) is 0. The van der Waals surface area contributed by atoms with E-state index >= 15 is 0 Å². The maximum atomic E-state index is 13.7. The summed E-state index contributed by atoms with van der Waals surface area (Å²) in [6, 6.07) is 23.8. The molecule has 0 aromatic heterocycles. The average molecular weight is 575 g/mol. The van der Waals surface area contributed by atoms with Crippen molar-refractivity contribution in [2.75, 3.05) is 56.7 Å². The summed E-state index contributed by atoms with van der Waals surface area (Å²) in [5, 5.41) is 0.583. The van der Waals surface area contributed by atoms with E-state index in [2.05, 4.69) is 29.2 Å². The van der Waals surface area contributed by atoms with Gasteiger partial charge in [0.05, 0.1) is 5.69 Å². The molecular formula is C33H39ClN4O3. The van der Waals surface area contributed by atoms with Gasteiger partial charge in [0.2, 0.25) is 5.91 Å². The van der Waals surface area contributed by atoms with Gasteiger partial charge in [-0.1, -0.05) is 54.1 Å². The summed E-state index contributed by atoms with van der Waals surface area (Å²) < 4.78 is 5.98. The van der Waals surface area contributed by atoms with Gasteiger partial charge >= 0.3 is 0 Å². The van der Waals surface area contributed by atoms with Crippen molar-refractivity contribution < 1.29 is 14.3 Å². The van der Waals surface area contributed by atoms with Crippen molar-refractivity contribution in [2.24, 2.45) is 5.92 Å². The van der Waals surface area contributed by atoms with Crippen LogP contribution in [0.1, 0.15) is 30.4 Å². The molecule has 0 atom stereocenters. The Morgan fingerprint density at radius 1 is 0.927 bits per heavy atom. The summed E-state index contributed by atoms with van der Waals surface area (Å²) in [6.07, 6.45) is 2.70. The Morgan fingerprint density at radius 2 is 1.73 bits per heavy atom. The number of halogens is 1. The highest BCUT2D eigenvalue weighted by Crippen LogP contribution is 2.35. The molecule has 3 aromatic rings. The normalized spacial score (nSPS) is 16.5. The van der Waals surface area contributed by atoms with Crippen molar-refractivity contribution in [1.82, 2.24) is 9.80 Å². The molecule has 0 saturated heterocycles. The van der Waals surface area contributed by atoms with Crippen LogP contribution in [-0.2, 0) is 22.7 Å². The van der Waals surface area contributed by atoms with E-state index in [0.29, 0.717) is 30.4 Å². The number of hydrogen-bond acceptors (Lipinski definition) is 5. The zero-order valence-electron chi connectivity index (χ0n) is 24.0. The third kappa shape index (κ3) is 7.80. The topological polar surface area (TPSA) is 56.3 Å². The SMILES string of the molecule is CN(C)c1cccc(OCC(=O)N2CCN(Cc3ccccc3)CCCN(C(=O)C3CC3)c3cc(Cl)ccc3C2)c1. The predicted molar refractivity (Wildman–Crippen MR) is 165 cm³/mol. The lowest BCUT2D eigenvalue weighted by Crippen LogP contribution is -2.40. The van der Waals surface area contributed by atoms with E-state index in [0.717, 1.165) is 55.8 Å². The van der Waals surface area contributed by atoms with Gasteiger partial charge in [-0.05, 0) is 54.7 Å². The fourth-order valence-electron chi connectivity index (χ4n) is 5.23. The van der Waals surface area contributed by atoms with E-state index in [1.54, 1.807) is 0 Å². The Hall–Kier alpha value is -3.55. The van der Waals surface area contributed by atoms with Gasteiger partial charge in [0.25, 0.3) is 5.91 Å². The third-order valence-electron chi connectivity index (χ3n) is 7.73. The molecule has 2 aliphatic rings. The van der Waals surface area contributed by atoms with E-state index in [1.807, 2.05) is 77.3 Å². The van der Waals surface area contributed by atoms with Crippen LogP contribution < -0.4 is 14.5 Å². The molecule has 216 valence electrons. The summed E-state index contributed by atoms with van der Waals surface area (Å²) in [6.45, 7) is 3.79. The number of carbonyl (C=O) groups is 2. The number of nitrogens with zero attached hydrogens (tertiary/aromatic N) is 4. The molecule has 1 saturated carbocycles. The Balaban J connectivity index is 1.40. The molecule has 3 aromatic carbocycles. The van der Waals surface area contributed by atoms with Crippen LogP contribution in [0.2, 0.25) is 5.02 Å².